The van der Waals surface area contributed by atoms with E-state index in [1.807, 2.05) is 26.1 Å². The number of halogens is 1. The van der Waals surface area contributed by atoms with Gasteiger partial charge in [-0.3, -0.25) is 9.69 Å². The van der Waals surface area contributed by atoms with Gasteiger partial charge in [0.2, 0.25) is 5.91 Å². The summed E-state index contributed by atoms with van der Waals surface area (Å²) in [5.74, 6) is -0.0219. The molecule has 2 unspecified atom stereocenters. The fourth-order valence-corrected chi connectivity index (χ4v) is 3.15. The van der Waals surface area contributed by atoms with E-state index in [1.165, 1.54) is 11.3 Å². The van der Waals surface area contributed by atoms with Crippen LogP contribution in [0.15, 0.2) is 12.1 Å². The van der Waals surface area contributed by atoms with Crippen molar-refractivity contribution < 1.29 is 4.79 Å². The average Bonchev–Trinajstić information content (AvgIpc) is 2.75. The summed E-state index contributed by atoms with van der Waals surface area (Å²) in [6.07, 6.45) is 0. The van der Waals surface area contributed by atoms with Crippen LogP contribution in [0.5, 0.6) is 0 Å². The minimum absolute atomic E-state index is 0.0434. The number of amides is 1. The van der Waals surface area contributed by atoms with Crippen molar-refractivity contribution in [3.05, 3.63) is 21.3 Å². The Morgan fingerprint density at radius 1 is 1.61 bits per heavy atom. The van der Waals surface area contributed by atoms with Crippen molar-refractivity contribution in [2.45, 2.75) is 13.0 Å². The predicted molar refractivity (Wildman–Crippen MR) is 77.0 cm³/mol. The first-order chi connectivity index (χ1) is 8.49. The van der Waals surface area contributed by atoms with Crippen molar-refractivity contribution >= 4 is 28.8 Å². The van der Waals surface area contributed by atoms with Gasteiger partial charge in [0, 0.05) is 30.9 Å². The number of nitrogens with one attached hydrogen (secondary N) is 1. The van der Waals surface area contributed by atoms with E-state index in [-0.39, 0.29) is 17.9 Å². The number of nitrogens with zero attached hydrogens (tertiary/aromatic N) is 1. The van der Waals surface area contributed by atoms with Crippen molar-refractivity contribution in [2.24, 2.45) is 11.7 Å². The largest absolute Gasteiger partial charge is 0.359 e. The lowest BCUT2D eigenvalue weighted by Crippen LogP contribution is -2.38. The first-order valence-electron chi connectivity index (χ1n) is 5.86. The van der Waals surface area contributed by atoms with Crippen LogP contribution in [0.25, 0.3) is 0 Å². The zero-order valence-corrected chi connectivity index (χ0v) is 12.5. The van der Waals surface area contributed by atoms with Crippen molar-refractivity contribution in [1.29, 1.82) is 0 Å². The second-order valence-electron chi connectivity index (χ2n) is 4.35. The van der Waals surface area contributed by atoms with Gasteiger partial charge in [0.15, 0.2) is 0 Å². The van der Waals surface area contributed by atoms with E-state index >= 15 is 0 Å². The minimum Gasteiger partial charge on any atom is -0.359 e. The molecule has 6 heteroatoms. The highest BCUT2D eigenvalue weighted by atomic mass is 35.5. The molecule has 0 aliphatic heterocycles. The van der Waals surface area contributed by atoms with Crippen LogP contribution in [-0.2, 0) is 4.79 Å². The number of hydrogen-bond donors (Lipinski definition) is 2. The van der Waals surface area contributed by atoms with Crippen LogP contribution in [-0.4, -0.2) is 38.0 Å². The number of thiophene rings is 1. The summed E-state index contributed by atoms with van der Waals surface area (Å²) in [5, 5.41) is 2.66. The molecule has 0 aliphatic carbocycles. The number of likely N-dealkylation sites (N-methyl/N-ethyl adjacent to an activating group) is 1. The molecule has 0 bridgehead atoms. The van der Waals surface area contributed by atoms with E-state index in [0.717, 1.165) is 9.21 Å². The molecule has 1 amide bonds. The lowest BCUT2D eigenvalue weighted by atomic mass is 10.1. The van der Waals surface area contributed by atoms with Gasteiger partial charge in [0.25, 0.3) is 0 Å². The molecule has 1 heterocycles. The number of rotatable bonds is 6. The number of nitrogens with two attached hydrogens (primary N) is 1. The molecule has 1 aromatic rings. The Morgan fingerprint density at radius 3 is 2.72 bits per heavy atom. The van der Waals surface area contributed by atoms with Crippen molar-refractivity contribution in [1.82, 2.24) is 10.2 Å². The van der Waals surface area contributed by atoms with Crippen molar-refractivity contribution in [3.63, 3.8) is 0 Å². The molecular formula is C12H20ClN3OS. The molecule has 1 rings (SSSR count). The quantitative estimate of drug-likeness (QED) is 0.838. The summed E-state index contributed by atoms with van der Waals surface area (Å²) in [7, 11) is 3.63. The van der Waals surface area contributed by atoms with Gasteiger partial charge in [0.1, 0.15) is 0 Å². The fraction of sp³-hybridized carbons (Fsp3) is 0.583. The van der Waals surface area contributed by atoms with Gasteiger partial charge in [0.05, 0.1) is 10.4 Å². The van der Waals surface area contributed by atoms with Gasteiger partial charge in [-0.2, -0.15) is 0 Å². The maximum atomic E-state index is 11.5. The van der Waals surface area contributed by atoms with Crippen LogP contribution in [0.4, 0.5) is 0 Å². The van der Waals surface area contributed by atoms with Crippen molar-refractivity contribution in [2.75, 3.05) is 27.2 Å². The molecule has 18 heavy (non-hydrogen) atoms. The van der Waals surface area contributed by atoms with Crippen LogP contribution < -0.4 is 11.1 Å². The topological polar surface area (TPSA) is 58.4 Å². The van der Waals surface area contributed by atoms with Crippen LogP contribution in [0.2, 0.25) is 4.34 Å². The number of carbonyl (C=O) groups is 1. The predicted octanol–water partition coefficient (Wildman–Crippen LogP) is 1.72. The fourth-order valence-electron chi connectivity index (χ4n) is 1.91. The Labute approximate surface area is 117 Å². The standard InChI is InChI=1S/C12H20ClN3OS/c1-8(12(17)15-2)7-16(3)9(6-14)10-4-5-11(13)18-10/h4-5,8-9H,6-7,14H2,1-3H3,(H,15,17). The molecule has 0 saturated carbocycles. The van der Waals surface area contributed by atoms with E-state index in [2.05, 4.69) is 10.2 Å². The molecule has 0 fully saturated rings. The molecular weight excluding hydrogens is 270 g/mol. The smallest absolute Gasteiger partial charge is 0.223 e. The lowest BCUT2D eigenvalue weighted by molar-refractivity contribution is -0.124. The molecule has 102 valence electrons. The molecule has 0 aromatic carbocycles. The summed E-state index contributed by atoms with van der Waals surface area (Å²) in [4.78, 5) is 14.7. The summed E-state index contributed by atoms with van der Waals surface area (Å²) >= 11 is 7.47. The van der Waals surface area contributed by atoms with Crippen molar-refractivity contribution in [3.8, 4) is 0 Å². The third-order valence-corrected chi connectivity index (χ3v) is 4.27. The molecule has 0 spiro atoms. The van der Waals surface area contributed by atoms with Crippen LogP contribution in [0.3, 0.4) is 0 Å². The van der Waals surface area contributed by atoms with Gasteiger partial charge in [-0.05, 0) is 19.2 Å². The molecule has 0 radical (unpaired) electrons. The molecule has 2 atom stereocenters. The molecule has 1 aromatic heterocycles. The highest BCUT2D eigenvalue weighted by Crippen LogP contribution is 2.29. The van der Waals surface area contributed by atoms with Gasteiger partial charge in [-0.15, -0.1) is 11.3 Å². The normalized spacial score (nSPS) is 14.6. The Morgan fingerprint density at radius 2 is 2.28 bits per heavy atom. The van der Waals surface area contributed by atoms with Crippen LogP contribution in [0, 0.1) is 5.92 Å². The summed E-state index contributed by atoms with van der Waals surface area (Å²) in [6, 6.07) is 3.97. The highest BCUT2D eigenvalue weighted by Gasteiger charge is 2.21. The third kappa shape index (κ3) is 3.95. The second kappa shape index (κ2) is 7.09. The number of hydrogen-bond acceptors (Lipinski definition) is 4. The Hall–Kier alpha value is -0.620. The van der Waals surface area contributed by atoms with E-state index in [4.69, 9.17) is 17.3 Å². The van der Waals surface area contributed by atoms with Crippen LogP contribution >= 0.6 is 22.9 Å². The van der Waals surface area contributed by atoms with E-state index in [9.17, 15) is 4.79 Å². The Balaban J connectivity index is 2.68. The van der Waals surface area contributed by atoms with Crippen LogP contribution in [0.1, 0.15) is 17.8 Å². The maximum absolute atomic E-state index is 11.5. The average molecular weight is 290 g/mol. The van der Waals surface area contributed by atoms with E-state index in [1.54, 1.807) is 7.05 Å². The molecule has 4 nitrogen and oxygen atoms in total. The summed E-state index contributed by atoms with van der Waals surface area (Å²) in [5.41, 5.74) is 5.82. The maximum Gasteiger partial charge on any atom is 0.223 e. The zero-order valence-electron chi connectivity index (χ0n) is 10.9. The Bertz CT molecular complexity index is 396. The third-order valence-electron chi connectivity index (χ3n) is 2.93. The minimum atomic E-state index is -0.0653. The van der Waals surface area contributed by atoms with Gasteiger partial charge >= 0.3 is 0 Å². The monoisotopic (exact) mass is 289 g/mol. The van der Waals surface area contributed by atoms with Gasteiger partial charge in [-0.1, -0.05) is 18.5 Å². The second-order valence-corrected chi connectivity index (χ2v) is 6.09. The molecule has 0 aliphatic rings. The lowest BCUT2D eigenvalue weighted by Gasteiger charge is -2.28. The van der Waals surface area contributed by atoms with Gasteiger partial charge in [-0.25, -0.2) is 0 Å². The van der Waals surface area contributed by atoms with E-state index in [0.29, 0.717) is 13.1 Å². The summed E-state index contributed by atoms with van der Waals surface area (Å²) in [6.45, 7) is 3.08. The zero-order chi connectivity index (χ0) is 13.7. The first kappa shape index (κ1) is 15.4. The highest BCUT2D eigenvalue weighted by molar-refractivity contribution is 7.16. The van der Waals surface area contributed by atoms with E-state index < -0.39 is 0 Å². The molecule has 3 N–H and O–H groups in total. The SMILES string of the molecule is CNC(=O)C(C)CN(C)C(CN)c1ccc(Cl)s1. The number of carbonyl (C=O) groups excluding carboxylic acids is 1. The summed E-state index contributed by atoms with van der Waals surface area (Å²) < 4.78 is 0.760. The molecule has 0 saturated heterocycles. The first-order valence-corrected chi connectivity index (χ1v) is 7.06. The Kier molecular flexibility index (Phi) is 6.08. The van der Waals surface area contributed by atoms with Gasteiger partial charge < -0.3 is 11.1 Å².